The van der Waals surface area contributed by atoms with Gasteiger partial charge >= 0.3 is 18.2 Å². The Morgan fingerprint density at radius 1 is 1.00 bits per heavy atom. The van der Waals surface area contributed by atoms with Gasteiger partial charge in [-0.3, -0.25) is 4.79 Å². The lowest BCUT2D eigenvalue weighted by atomic mass is 10.2. The summed E-state index contributed by atoms with van der Waals surface area (Å²) in [5, 5.41) is 8.66. The second-order valence-electron chi connectivity index (χ2n) is 7.43. The topological polar surface area (TPSA) is 132 Å². The normalized spacial score (nSPS) is 12.5. The van der Waals surface area contributed by atoms with Crippen LogP contribution in [0.1, 0.15) is 60.8 Å². The number of unbranched alkanes of at least 4 members (excludes halogenated alkanes) is 1. The molecule has 2 amide bonds. The molecule has 0 aromatic rings. The molecule has 0 aliphatic heterocycles. The Bertz CT molecular complexity index is 517. The highest BCUT2D eigenvalue weighted by Crippen LogP contribution is 2.12. The van der Waals surface area contributed by atoms with E-state index in [1.54, 1.807) is 41.5 Å². The Balaban J connectivity index is 5.10. The van der Waals surface area contributed by atoms with Crippen molar-refractivity contribution in [3.8, 4) is 0 Å². The number of carbonyl (C=O) groups is 3. The van der Waals surface area contributed by atoms with E-state index < -0.39 is 29.4 Å². The third kappa shape index (κ3) is 11.8. The molecule has 0 aliphatic rings. The highest BCUT2D eigenvalue weighted by Gasteiger charge is 2.26. The molecule has 0 spiro atoms. The molecule has 0 radical (unpaired) electrons. The number of hydrogen-bond donors (Lipinski definition) is 2. The van der Waals surface area contributed by atoms with Gasteiger partial charge in [0.15, 0.2) is 0 Å². The monoisotopic (exact) mass is 359 g/mol. The molecule has 0 atom stereocenters. The molecule has 9 heteroatoms. The zero-order valence-electron chi connectivity index (χ0n) is 15.8. The van der Waals surface area contributed by atoms with E-state index in [-0.39, 0.29) is 18.9 Å². The van der Waals surface area contributed by atoms with Crippen LogP contribution in [-0.2, 0) is 14.3 Å². The number of carbonyl (C=O) groups excluding carboxylic acids is 2. The van der Waals surface area contributed by atoms with E-state index >= 15 is 0 Å². The van der Waals surface area contributed by atoms with Crippen LogP contribution in [0.5, 0.6) is 0 Å². The zero-order chi connectivity index (χ0) is 19.8. The van der Waals surface area contributed by atoms with Crippen molar-refractivity contribution in [3.05, 3.63) is 0 Å². The van der Waals surface area contributed by atoms with Gasteiger partial charge in [-0.15, -0.1) is 4.99 Å². The number of carboxylic acid groups (broad SMARTS) is 1. The van der Waals surface area contributed by atoms with Gasteiger partial charge in [0.25, 0.3) is 0 Å². The Labute approximate surface area is 148 Å². The van der Waals surface area contributed by atoms with Crippen molar-refractivity contribution in [2.45, 2.75) is 72.0 Å². The molecule has 0 bridgehead atoms. The molecule has 0 saturated carbocycles. The van der Waals surface area contributed by atoms with Crippen molar-refractivity contribution in [1.82, 2.24) is 4.90 Å². The number of nitrogens with two attached hydrogens (primary N) is 1. The van der Waals surface area contributed by atoms with Gasteiger partial charge < -0.3 is 20.3 Å². The maximum absolute atomic E-state index is 12.3. The minimum atomic E-state index is -0.931. The van der Waals surface area contributed by atoms with Crippen molar-refractivity contribution in [1.29, 1.82) is 0 Å². The first kappa shape index (κ1) is 22.7. The summed E-state index contributed by atoms with van der Waals surface area (Å²) in [5.41, 5.74) is 4.25. The highest BCUT2D eigenvalue weighted by molar-refractivity contribution is 5.98. The van der Waals surface area contributed by atoms with Crippen LogP contribution >= 0.6 is 0 Å². The fourth-order valence-corrected chi connectivity index (χ4v) is 1.60. The lowest BCUT2D eigenvalue weighted by Gasteiger charge is -2.26. The molecule has 9 nitrogen and oxygen atoms in total. The predicted octanol–water partition coefficient (Wildman–Crippen LogP) is 2.73. The van der Waals surface area contributed by atoms with Gasteiger partial charge in [0, 0.05) is 13.0 Å². The number of rotatable bonds is 5. The minimum absolute atomic E-state index is 0.0364. The molecule has 0 aromatic carbocycles. The molecule has 25 heavy (non-hydrogen) atoms. The maximum atomic E-state index is 12.3. The summed E-state index contributed by atoms with van der Waals surface area (Å²) in [5.74, 6) is -1.29. The Kier molecular flexibility index (Phi) is 8.38. The van der Waals surface area contributed by atoms with E-state index in [4.69, 9.17) is 20.3 Å². The molecule has 0 unspecified atom stereocenters. The van der Waals surface area contributed by atoms with Crippen LogP contribution in [0.2, 0.25) is 0 Å². The number of guanidine groups is 1. The van der Waals surface area contributed by atoms with Crippen LogP contribution in [0.25, 0.3) is 0 Å². The van der Waals surface area contributed by atoms with Crippen LogP contribution in [-0.4, -0.2) is 51.9 Å². The molecule has 0 aromatic heterocycles. The lowest BCUT2D eigenvalue weighted by molar-refractivity contribution is -0.137. The third-order valence-electron chi connectivity index (χ3n) is 2.51. The standard InChI is InChI=1S/C16H29N3O6/c1-15(2,3)24-13(22)18-12(17)19(10-8-7-9-11(20)21)14(23)25-16(4,5)6/h7-10H2,1-6H3,(H,20,21)(H2,17,18,22). The van der Waals surface area contributed by atoms with Crippen LogP contribution in [0.4, 0.5) is 9.59 Å². The largest absolute Gasteiger partial charge is 0.481 e. The van der Waals surface area contributed by atoms with Crippen molar-refractivity contribution < 1.29 is 29.0 Å². The SMILES string of the molecule is CC(C)(C)OC(=O)N=C(N)N(CCCCC(=O)O)C(=O)OC(C)(C)C. The molecule has 0 heterocycles. The molecule has 0 aliphatic carbocycles. The number of aliphatic carboxylic acids is 1. The number of aliphatic imine (C=N–C) groups is 1. The maximum Gasteiger partial charge on any atom is 0.437 e. The number of hydrogen-bond acceptors (Lipinski definition) is 5. The molecular weight excluding hydrogens is 330 g/mol. The van der Waals surface area contributed by atoms with E-state index in [1.807, 2.05) is 0 Å². The van der Waals surface area contributed by atoms with Gasteiger partial charge in [0.2, 0.25) is 5.96 Å². The Morgan fingerprint density at radius 2 is 1.52 bits per heavy atom. The fourth-order valence-electron chi connectivity index (χ4n) is 1.60. The van der Waals surface area contributed by atoms with Crippen molar-refractivity contribution >= 4 is 24.1 Å². The summed E-state index contributed by atoms with van der Waals surface area (Å²) in [6, 6.07) is 0. The number of amides is 2. The van der Waals surface area contributed by atoms with Gasteiger partial charge in [-0.1, -0.05) is 0 Å². The fraction of sp³-hybridized carbons (Fsp3) is 0.750. The summed E-state index contributed by atoms with van der Waals surface area (Å²) in [4.78, 5) is 39.2. The van der Waals surface area contributed by atoms with E-state index in [1.165, 1.54) is 0 Å². The first-order chi connectivity index (χ1) is 11.2. The van der Waals surface area contributed by atoms with Crippen LogP contribution in [0, 0.1) is 0 Å². The summed E-state index contributed by atoms with van der Waals surface area (Å²) in [7, 11) is 0. The van der Waals surface area contributed by atoms with Gasteiger partial charge in [-0.25, -0.2) is 14.5 Å². The van der Waals surface area contributed by atoms with Crippen molar-refractivity contribution in [3.63, 3.8) is 0 Å². The first-order valence-electron chi connectivity index (χ1n) is 8.01. The molecule has 0 rings (SSSR count). The van der Waals surface area contributed by atoms with Crippen molar-refractivity contribution in [2.24, 2.45) is 10.7 Å². The third-order valence-corrected chi connectivity index (χ3v) is 2.51. The molecular formula is C16H29N3O6. The summed E-state index contributed by atoms with van der Waals surface area (Å²) in [6.45, 7) is 10.2. The van der Waals surface area contributed by atoms with Gasteiger partial charge in [0.05, 0.1) is 0 Å². The van der Waals surface area contributed by atoms with Crippen molar-refractivity contribution in [2.75, 3.05) is 6.54 Å². The van der Waals surface area contributed by atoms with Crippen LogP contribution in [0.15, 0.2) is 4.99 Å². The Morgan fingerprint density at radius 3 is 1.96 bits per heavy atom. The molecule has 0 fully saturated rings. The number of ether oxygens (including phenoxy) is 2. The second kappa shape index (κ2) is 9.24. The number of nitrogens with zero attached hydrogens (tertiary/aromatic N) is 2. The summed E-state index contributed by atoms with van der Waals surface area (Å²) >= 11 is 0. The first-order valence-corrected chi connectivity index (χ1v) is 8.01. The second-order valence-corrected chi connectivity index (χ2v) is 7.43. The molecule has 144 valence electrons. The number of carboxylic acids is 1. The van der Waals surface area contributed by atoms with Crippen LogP contribution < -0.4 is 5.73 Å². The zero-order valence-corrected chi connectivity index (χ0v) is 15.8. The van der Waals surface area contributed by atoms with Crippen LogP contribution in [0.3, 0.4) is 0 Å². The van der Waals surface area contributed by atoms with Gasteiger partial charge in [-0.05, 0) is 54.4 Å². The molecule has 3 N–H and O–H groups in total. The smallest absolute Gasteiger partial charge is 0.437 e. The average Bonchev–Trinajstić information content (AvgIpc) is 2.32. The quantitative estimate of drug-likeness (QED) is 0.438. The van der Waals surface area contributed by atoms with Gasteiger partial charge in [0.1, 0.15) is 11.2 Å². The minimum Gasteiger partial charge on any atom is -0.481 e. The van der Waals surface area contributed by atoms with Gasteiger partial charge in [-0.2, -0.15) is 0 Å². The summed E-state index contributed by atoms with van der Waals surface area (Å²) < 4.78 is 10.3. The highest BCUT2D eigenvalue weighted by atomic mass is 16.6. The summed E-state index contributed by atoms with van der Waals surface area (Å²) in [6.07, 6.45) is -1.04. The van der Waals surface area contributed by atoms with E-state index in [9.17, 15) is 14.4 Å². The van der Waals surface area contributed by atoms with E-state index in [0.717, 1.165) is 4.90 Å². The average molecular weight is 359 g/mol. The Hall–Kier alpha value is -2.32. The molecule has 0 saturated heterocycles. The lowest BCUT2D eigenvalue weighted by Crippen LogP contribution is -2.45. The van der Waals surface area contributed by atoms with E-state index in [2.05, 4.69) is 4.99 Å². The predicted molar refractivity (Wildman–Crippen MR) is 92.3 cm³/mol. The van der Waals surface area contributed by atoms with E-state index in [0.29, 0.717) is 12.8 Å².